The fourth-order valence-corrected chi connectivity index (χ4v) is 3.31. The van der Waals surface area contributed by atoms with Gasteiger partial charge in [-0.05, 0) is 56.3 Å². The van der Waals surface area contributed by atoms with Crippen molar-refractivity contribution in [3.05, 3.63) is 29.6 Å². The van der Waals surface area contributed by atoms with E-state index in [1.54, 1.807) is 0 Å². The molecule has 19 heavy (non-hydrogen) atoms. The van der Waals surface area contributed by atoms with E-state index in [9.17, 15) is 0 Å². The fourth-order valence-electron chi connectivity index (χ4n) is 3.31. The summed E-state index contributed by atoms with van der Waals surface area (Å²) in [6.45, 7) is 1.18. The minimum atomic E-state index is 0.670. The van der Waals surface area contributed by atoms with E-state index in [0.29, 0.717) is 6.04 Å². The second-order valence-electron chi connectivity index (χ2n) is 6.12. The van der Waals surface area contributed by atoms with E-state index in [0.717, 1.165) is 12.3 Å². The van der Waals surface area contributed by atoms with E-state index in [1.807, 2.05) is 0 Å². The Kier molecular flexibility index (Phi) is 2.62. The summed E-state index contributed by atoms with van der Waals surface area (Å²) in [4.78, 5) is 4.85. The SMILES string of the molecule is Cn1c(C2CC2)nc2cc(CC3CCCN3)ccc21. The Hall–Kier alpha value is -1.35. The molecule has 1 aromatic carbocycles. The van der Waals surface area contributed by atoms with Gasteiger partial charge in [0, 0.05) is 19.0 Å². The van der Waals surface area contributed by atoms with Crippen molar-refractivity contribution in [2.75, 3.05) is 6.54 Å². The van der Waals surface area contributed by atoms with Crippen molar-refractivity contribution in [3.63, 3.8) is 0 Å². The second kappa shape index (κ2) is 4.34. The van der Waals surface area contributed by atoms with Crippen LogP contribution in [0.4, 0.5) is 0 Å². The van der Waals surface area contributed by atoms with Crippen LogP contribution in [-0.4, -0.2) is 22.1 Å². The van der Waals surface area contributed by atoms with Crippen LogP contribution in [0.1, 0.15) is 43.0 Å². The average molecular weight is 255 g/mol. The summed E-state index contributed by atoms with van der Waals surface area (Å²) < 4.78 is 2.28. The van der Waals surface area contributed by atoms with Crippen LogP contribution in [0.5, 0.6) is 0 Å². The molecule has 3 nitrogen and oxygen atoms in total. The Morgan fingerprint density at radius 3 is 2.95 bits per heavy atom. The number of aromatic nitrogens is 2. The molecular weight excluding hydrogens is 234 g/mol. The number of benzene rings is 1. The molecule has 1 atom stereocenters. The fraction of sp³-hybridized carbons (Fsp3) is 0.562. The summed E-state index contributed by atoms with van der Waals surface area (Å²) in [5.74, 6) is 2.00. The standard InChI is InChI=1S/C16H21N3/c1-19-15-7-4-11(9-13-3-2-8-17-13)10-14(15)18-16(19)12-5-6-12/h4,7,10,12-13,17H,2-3,5-6,8-9H2,1H3. The van der Waals surface area contributed by atoms with Crippen molar-refractivity contribution in [2.45, 2.75) is 44.1 Å². The predicted molar refractivity (Wildman–Crippen MR) is 77.4 cm³/mol. The van der Waals surface area contributed by atoms with Gasteiger partial charge in [-0.3, -0.25) is 0 Å². The van der Waals surface area contributed by atoms with Crippen LogP contribution < -0.4 is 5.32 Å². The van der Waals surface area contributed by atoms with Gasteiger partial charge in [0.05, 0.1) is 11.0 Å². The maximum atomic E-state index is 4.85. The topological polar surface area (TPSA) is 29.9 Å². The number of nitrogens with zero attached hydrogens (tertiary/aromatic N) is 2. The quantitative estimate of drug-likeness (QED) is 0.914. The number of hydrogen-bond acceptors (Lipinski definition) is 2. The van der Waals surface area contributed by atoms with Gasteiger partial charge in [-0.1, -0.05) is 6.07 Å². The molecule has 0 bridgehead atoms. The maximum Gasteiger partial charge on any atom is 0.112 e. The number of hydrogen-bond donors (Lipinski definition) is 1. The van der Waals surface area contributed by atoms with Gasteiger partial charge in [-0.15, -0.1) is 0 Å². The molecule has 1 unspecified atom stereocenters. The number of aryl methyl sites for hydroxylation is 1. The highest BCUT2D eigenvalue weighted by atomic mass is 15.1. The molecule has 1 aromatic heterocycles. The van der Waals surface area contributed by atoms with E-state index in [2.05, 4.69) is 35.1 Å². The van der Waals surface area contributed by atoms with E-state index in [4.69, 9.17) is 4.98 Å². The monoisotopic (exact) mass is 255 g/mol. The lowest BCUT2D eigenvalue weighted by molar-refractivity contribution is 0.603. The summed E-state index contributed by atoms with van der Waals surface area (Å²) in [5.41, 5.74) is 3.89. The van der Waals surface area contributed by atoms with Gasteiger partial charge in [-0.25, -0.2) is 4.98 Å². The lowest BCUT2D eigenvalue weighted by Gasteiger charge is -2.09. The zero-order chi connectivity index (χ0) is 12.8. The molecule has 0 radical (unpaired) electrons. The summed E-state index contributed by atoms with van der Waals surface area (Å²) in [6, 6.07) is 7.49. The second-order valence-corrected chi connectivity index (χ2v) is 6.12. The van der Waals surface area contributed by atoms with Crippen molar-refractivity contribution in [2.24, 2.45) is 7.05 Å². The molecule has 1 aliphatic heterocycles. The Labute approximate surface area is 114 Å². The minimum Gasteiger partial charge on any atom is -0.331 e. The van der Waals surface area contributed by atoms with Crippen LogP contribution in [-0.2, 0) is 13.5 Å². The molecule has 2 heterocycles. The number of rotatable bonds is 3. The van der Waals surface area contributed by atoms with Gasteiger partial charge in [0.1, 0.15) is 5.82 Å². The van der Waals surface area contributed by atoms with Gasteiger partial charge in [0.25, 0.3) is 0 Å². The van der Waals surface area contributed by atoms with Crippen LogP contribution in [0.25, 0.3) is 11.0 Å². The van der Waals surface area contributed by atoms with E-state index >= 15 is 0 Å². The summed E-state index contributed by atoms with van der Waals surface area (Å²) in [5, 5.41) is 3.57. The first-order chi connectivity index (χ1) is 9.31. The highest BCUT2D eigenvalue weighted by Gasteiger charge is 2.28. The Morgan fingerprint density at radius 1 is 1.32 bits per heavy atom. The van der Waals surface area contributed by atoms with Crippen molar-refractivity contribution in [1.29, 1.82) is 0 Å². The van der Waals surface area contributed by atoms with Crippen molar-refractivity contribution in [1.82, 2.24) is 14.9 Å². The normalized spacial score (nSPS) is 23.3. The first-order valence-electron chi connectivity index (χ1n) is 7.50. The molecule has 0 spiro atoms. The van der Waals surface area contributed by atoms with Gasteiger partial charge in [0.2, 0.25) is 0 Å². The number of fused-ring (bicyclic) bond motifs is 1. The van der Waals surface area contributed by atoms with Crippen molar-refractivity contribution >= 4 is 11.0 Å². The van der Waals surface area contributed by atoms with Gasteiger partial charge >= 0.3 is 0 Å². The molecule has 2 aromatic rings. The molecule has 4 rings (SSSR count). The van der Waals surface area contributed by atoms with Crippen molar-refractivity contribution < 1.29 is 0 Å². The first kappa shape index (κ1) is 11.5. The summed E-state index contributed by atoms with van der Waals surface area (Å²) >= 11 is 0. The molecular formula is C16H21N3. The third-order valence-electron chi connectivity index (χ3n) is 4.57. The molecule has 0 amide bonds. The van der Waals surface area contributed by atoms with E-state index in [-0.39, 0.29) is 0 Å². The van der Waals surface area contributed by atoms with Crippen molar-refractivity contribution in [3.8, 4) is 0 Å². The molecule has 1 N–H and O–H groups in total. The van der Waals surface area contributed by atoms with E-state index in [1.165, 1.54) is 54.6 Å². The molecule has 3 heteroatoms. The molecule has 1 saturated heterocycles. The number of imidazole rings is 1. The molecule has 2 fully saturated rings. The smallest absolute Gasteiger partial charge is 0.112 e. The Morgan fingerprint density at radius 2 is 2.21 bits per heavy atom. The zero-order valence-corrected chi connectivity index (χ0v) is 11.5. The molecule has 1 saturated carbocycles. The maximum absolute atomic E-state index is 4.85. The van der Waals surface area contributed by atoms with Gasteiger partial charge in [0.15, 0.2) is 0 Å². The summed E-state index contributed by atoms with van der Waals surface area (Å²) in [6.07, 6.45) is 6.41. The highest BCUT2D eigenvalue weighted by Crippen LogP contribution is 2.40. The lowest BCUT2D eigenvalue weighted by atomic mass is 10.0. The largest absolute Gasteiger partial charge is 0.331 e. The summed E-state index contributed by atoms with van der Waals surface area (Å²) in [7, 11) is 2.15. The number of nitrogens with one attached hydrogen (secondary N) is 1. The zero-order valence-electron chi connectivity index (χ0n) is 11.5. The third kappa shape index (κ3) is 2.06. The van der Waals surface area contributed by atoms with Gasteiger partial charge in [-0.2, -0.15) is 0 Å². The van der Waals surface area contributed by atoms with Crippen LogP contribution >= 0.6 is 0 Å². The lowest BCUT2D eigenvalue weighted by Crippen LogP contribution is -2.23. The van der Waals surface area contributed by atoms with Crippen LogP contribution in [0.3, 0.4) is 0 Å². The highest BCUT2D eigenvalue weighted by molar-refractivity contribution is 5.77. The molecule has 100 valence electrons. The minimum absolute atomic E-state index is 0.670. The average Bonchev–Trinajstić information content (AvgIpc) is 3.04. The Balaban J connectivity index is 1.66. The predicted octanol–water partition coefficient (Wildman–Crippen LogP) is 2.75. The van der Waals surface area contributed by atoms with Crippen LogP contribution in [0.15, 0.2) is 18.2 Å². The van der Waals surface area contributed by atoms with Crippen LogP contribution in [0, 0.1) is 0 Å². The van der Waals surface area contributed by atoms with Crippen LogP contribution in [0.2, 0.25) is 0 Å². The molecule has 1 aliphatic carbocycles. The van der Waals surface area contributed by atoms with Gasteiger partial charge < -0.3 is 9.88 Å². The van der Waals surface area contributed by atoms with E-state index < -0.39 is 0 Å². The molecule has 2 aliphatic rings. The Bertz CT molecular complexity index is 604. The third-order valence-corrected chi connectivity index (χ3v) is 4.57. The first-order valence-corrected chi connectivity index (χ1v) is 7.50.